The number of esters is 1. The van der Waals surface area contributed by atoms with Gasteiger partial charge in [0.25, 0.3) is 5.91 Å². The number of anilines is 1. The molecule has 0 saturated heterocycles. The second-order valence-corrected chi connectivity index (χ2v) is 7.42. The lowest BCUT2D eigenvalue weighted by atomic mass is 10.0. The Labute approximate surface area is 169 Å². The second kappa shape index (κ2) is 8.46. The summed E-state index contributed by atoms with van der Waals surface area (Å²) in [4.78, 5) is 25.2. The van der Waals surface area contributed by atoms with Crippen LogP contribution in [-0.4, -0.2) is 18.5 Å². The highest BCUT2D eigenvalue weighted by atomic mass is 127. The SMILES string of the molecule is CCOC(=O)c1c(-c2ccccc2)csc1NC(=O)c1ccccc1I. The molecule has 3 aromatic rings. The summed E-state index contributed by atoms with van der Waals surface area (Å²) in [7, 11) is 0. The molecule has 1 N–H and O–H groups in total. The number of rotatable bonds is 5. The van der Waals surface area contributed by atoms with Crippen molar-refractivity contribution >= 4 is 50.8 Å². The number of benzene rings is 2. The van der Waals surface area contributed by atoms with Gasteiger partial charge < -0.3 is 10.1 Å². The van der Waals surface area contributed by atoms with Crippen molar-refractivity contribution in [1.29, 1.82) is 0 Å². The summed E-state index contributed by atoms with van der Waals surface area (Å²) in [5, 5.41) is 5.23. The molecule has 132 valence electrons. The molecule has 0 aliphatic rings. The molecule has 0 aliphatic carbocycles. The molecule has 0 saturated carbocycles. The Bertz CT molecular complexity index is 937. The van der Waals surface area contributed by atoms with Crippen LogP contribution < -0.4 is 5.32 Å². The van der Waals surface area contributed by atoms with Gasteiger partial charge in [0.05, 0.1) is 12.2 Å². The Morgan fingerprint density at radius 1 is 1.08 bits per heavy atom. The predicted molar refractivity (Wildman–Crippen MR) is 113 cm³/mol. The Morgan fingerprint density at radius 3 is 2.46 bits per heavy atom. The molecule has 0 fully saturated rings. The van der Waals surface area contributed by atoms with Crippen LogP contribution in [0.4, 0.5) is 5.00 Å². The highest BCUT2D eigenvalue weighted by Crippen LogP contribution is 2.36. The zero-order valence-electron chi connectivity index (χ0n) is 14.0. The molecule has 1 amide bonds. The molecule has 26 heavy (non-hydrogen) atoms. The number of hydrogen-bond acceptors (Lipinski definition) is 4. The van der Waals surface area contributed by atoms with Gasteiger partial charge in [-0.15, -0.1) is 11.3 Å². The molecule has 1 heterocycles. The van der Waals surface area contributed by atoms with Crippen LogP contribution in [0.15, 0.2) is 60.0 Å². The number of carbonyl (C=O) groups is 2. The van der Waals surface area contributed by atoms with Crippen LogP contribution in [-0.2, 0) is 4.74 Å². The van der Waals surface area contributed by atoms with Crippen molar-refractivity contribution in [2.45, 2.75) is 6.92 Å². The van der Waals surface area contributed by atoms with Gasteiger partial charge in [0, 0.05) is 14.5 Å². The normalized spacial score (nSPS) is 10.4. The van der Waals surface area contributed by atoms with E-state index in [4.69, 9.17) is 4.74 Å². The van der Waals surface area contributed by atoms with Crippen LogP contribution in [0.2, 0.25) is 0 Å². The van der Waals surface area contributed by atoms with Crippen molar-refractivity contribution in [3.8, 4) is 11.1 Å². The van der Waals surface area contributed by atoms with Crippen molar-refractivity contribution < 1.29 is 14.3 Å². The summed E-state index contributed by atoms with van der Waals surface area (Å²) >= 11 is 3.44. The quantitative estimate of drug-likeness (QED) is 0.393. The largest absolute Gasteiger partial charge is 0.462 e. The van der Waals surface area contributed by atoms with Crippen molar-refractivity contribution in [2.24, 2.45) is 0 Å². The molecule has 1 aromatic heterocycles. The van der Waals surface area contributed by atoms with Crippen LogP contribution in [0.5, 0.6) is 0 Å². The third-order valence-corrected chi connectivity index (χ3v) is 5.54. The van der Waals surface area contributed by atoms with E-state index < -0.39 is 5.97 Å². The van der Waals surface area contributed by atoms with Crippen LogP contribution in [0.3, 0.4) is 0 Å². The van der Waals surface area contributed by atoms with Gasteiger partial charge >= 0.3 is 5.97 Å². The van der Waals surface area contributed by atoms with E-state index >= 15 is 0 Å². The molecule has 4 nitrogen and oxygen atoms in total. The second-order valence-electron chi connectivity index (χ2n) is 5.37. The molecule has 0 bridgehead atoms. The van der Waals surface area contributed by atoms with E-state index in [2.05, 4.69) is 27.9 Å². The van der Waals surface area contributed by atoms with Gasteiger partial charge in [-0.2, -0.15) is 0 Å². The Balaban J connectivity index is 1.99. The van der Waals surface area contributed by atoms with Crippen LogP contribution in [0.25, 0.3) is 11.1 Å². The fraction of sp³-hybridized carbons (Fsp3) is 0.100. The van der Waals surface area contributed by atoms with E-state index in [9.17, 15) is 9.59 Å². The molecule has 6 heteroatoms. The number of hydrogen-bond donors (Lipinski definition) is 1. The maximum Gasteiger partial charge on any atom is 0.341 e. The molecule has 2 aromatic carbocycles. The summed E-state index contributed by atoms with van der Waals surface area (Å²) in [5.41, 5.74) is 2.62. The summed E-state index contributed by atoms with van der Waals surface area (Å²) in [6.07, 6.45) is 0. The van der Waals surface area contributed by atoms with Gasteiger partial charge in [-0.25, -0.2) is 4.79 Å². The van der Waals surface area contributed by atoms with Gasteiger partial charge in [0.1, 0.15) is 10.6 Å². The monoisotopic (exact) mass is 477 g/mol. The first-order valence-corrected chi connectivity index (χ1v) is 9.97. The number of halogens is 1. The topological polar surface area (TPSA) is 55.4 Å². The Kier molecular flexibility index (Phi) is 6.05. The van der Waals surface area contributed by atoms with E-state index in [-0.39, 0.29) is 12.5 Å². The summed E-state index contributed by atoms with van der Waals surface area (Å²) in [6, 6.07) is 16.9. The smallest absolute Gasteiger partial charge is 0.341 e. The van der Waals surface area contributed by atoms with Gasteiger partial charge in [0.15, 0.2) is 0 Å². The Morgan fingerprint density at radius 2 is 1.77 bits per heavy atom. The van der Waals surface area contributed by atoms with Gasteiger partial charge in [-0.3, -0.25) is 4.79 Å². The van der Waals surface area contributed by atoms with E-state index in [0.29, 0.717) is 16.1 Å². The molecule has 3 rings (SSSR count). The van der Waals surface area contributed by atoms with Crippen molar-refractivity contribution in [2.75, 3.05) is 11.9 Å². The molecule has 0 atom stereocenters. The summed E-state index contributed by atoms with van der Waals surface area (Å²) in [6.45, 7) is 2.03. The molecule has 0 unspecified atom stereocenters. The molecular formula is C20H16INO3S. The number of nitrogens with one attached hydrogen (secondary N) is 1. The van der Waals surface area contributed by atoms with E-state index in [1.54, 1.807) is 13.0 Å². The van der Waals surface area contributed by atoms with Crippen LogP contribution in [0.1, 0.15) is 27.6 Å². The number of carbonyl (C=O) groups excluding carboxylic acids is 2. The average molecular weight is 477 g/mol. The Hall–Kier alpha value is -2.19. The summed E-state index contributed by atoms with van der Waals surface area (Å²) in [5.74, 6) is -0.687. The van der Waals surface area contributed by atoms with Crippen molar-refractivity contribution in [3.63, 3.8) is 0 Å². The third-order valence-electron chi connectivity index (χ3n) is 3.70. The zero-order chi connectivity index (χ0) is 18.5. The molecule has 0 aliphatic heterocycles. The summed E-state index contributed by atoms with van der Waals surface area (Å²) < 4.78 is 6.06. The molecular weight excluding hydrogens is 461 g/mol. The highest BCUT2D eigenvalue weighted by molar-refractivity contribution is 14.1. The first-order valence-electron chi connectivity index (χ1n) is 8.01. The fourth-order valence-electron chi connectivity index (χ4n) is 2.50. The average Bonchev–Trinajstić information content (AvgIpc) is 3.06. The lowest BCUT2D eigenvalue weighted by Gasteiger charge is -2.09. The first kappa shape index (κ1) is 18.6. The molecule has 0 radical (unpaired) electrons. The van der Waals surface area contributed by atoms with Gasteiger partial charge in [0.2, 0.25) is 0 Å². The zero-order valence-corrected chi connectivity index (χ0v) is 17.0. The van der Waals surface area contributed by atoms with Crippen molar-refractivity contribution in [1.82, 2.24) is 0 Å². The van der Waals surface area contributed by atoms with Crippen molar-refractivity contribution in [3.05, 3.63) is 74.7 Å². The highest BCUT2D eigenvalue weighted by Gasteiger charge is 2.23. The lowest BCUT2D eigenvalue weighted by molar-refractivity contribution is 0.0529. The number of ether oxygens (including phenoxy) is 1. The van der Waals surface area contributed by atoms with E-state index in [1.807, 2.05) is 53.9 Å². The number of amides is 1. The van der Waals surface area contributed by atoms with Gasteiger partial charge in [-0.05, 0) is 47.2 Å². The fourth-order valence-corrected chi connectivity index (χ4v) is 4.09. The number of thiophene rings is 1. The first-order chi connectivity index (χ1) is 12.6. The minimum absolute atomic E-state index is 0.248. The minimum atomic E-state index is -0.439. The van der Waals surface area contributed by atoms with E-state index in [0.717, 1.165) is 14.7 Å². The maximum absolute atomic E-state index is 12.7. The predicted octanol–water partition coefficient (Wildman–Crippen LogP) is 5.45. The van der Waals surface area contributed by atoms with Crippen LogP contribution >= 0.6 is 33.9 Å². The maximum atomic E-state index is 12.7. The standard InChI is InChI=1S/C20H16INO3S/c1-2-25-20(24)17-15(13-8-4-3-5-9-13)12-26-19(17)22-18(23)14-10-6-7-11-16(14)21/h3-12H,2H2,1H3,(H,22,23). The van der Waals surface area contributed by atoms with E-state index in [1.165, 1.54) is 11.3 Å². The third kappa shape index (κ3) is 3.96. The molecule has 0 spiro atoms. The van der Waals surface area contributed by atoms with Gasteiger partial charge in [-0.1, -0.05) is 42.5 Å². The van der Waals surface area contributed by atoms with Crippen LogP contribution in [0, 0.1) is 3.57 Å². The lowest BCUT2D eigenvalue weighted by Crippen LogP contribution is -2.15. The minimum Gasteiger partial charge on any atom is -0.462 e.